The zero-order valence-electron chi connectivity index (χ0n) is 13.0. The number of nitrogen functional groups attached to an aromatic ring is 1. The van der Waals surface area contributed by atoms with Crippen molar-refractivity contribution < 1.29 is 4.79 Å². The maximum atomic E-state index is 12.0. The van der Waals surface area contributed by atoms with E-state index in [2.05, 4.69) is 21.6 Å². The minimum atomic E-state index is 0.229. The number of carbonyl (C=O) groups is 1. The van der Waals surface area contributed by atoms with Gasteiger partial charge in [-0.05, 0) is 32.1 Å². The van der Waals surface area contributed by atoms with Gasteiger partial charge in [0, 0.05) is 12.5 Å². The molecule has 4 N–H and O–H groups in total. The minimum absolute atomic E-state index is 0.229. The van der Waals surface area contributed by atoms with Gasteiger partial charge in [-0.3, -0.25) is 9.89 Å². The molecule has 1 aliphatic rings. The molecule has 0 saturated heterocycles. The Labute approximate surface area is 131 Å². The number of unbranched alkanes of at least 4 members (excludes halogenated alkanes) is 2. The molecule has 2 rings (SSSR count). The van der Waals surface area contributed by atoms with Crippen molar-refractivity contribution in [3.63, 3.8) is 0 Å². The van der Waals surface area contributed by atoms with E-state index in [-0.39, 0.29) is 17.6 Å². The van der Waals surface area contributed by atoms with Crippen LogP contribution in [0.3, 0.4) is 0 Å². The van der Waals surface area contributed by atoms with E-state index < -0.39 is 0 Å². The van der Waals surface area contributed by atoms with Gasteiger partial charge >= 0.3 is 0 Å². The molecule has 0 radical (unpaired) electrons. The van der Waals surface area contributed by atoms with Crippen LogP contribution in [-0.4, -0.2) is 22.6 Å². The Hall–Kier alpha value is -2.03. The molecule has 1 amide bonds. The van der Waals surface area contributed by atoms with Gasteiger partial charge in [0.1, 0.15) is 11.6 Å². The van der Waals surface area contributed by atoms with Crippen LogP contribution in [0.4, 0.5) is 5.82 Å². The van der Waals surface area contributed by atoms with Gasteiger partial charge in [-0.25, -0.2) is 0 Å². The zero-order chi connectivity index (χ0) is 15.8. The van der Waals surface area contributed by atoms with Crippen molar-refractivity contribution in [1.82, 2.24) is 15.5 Å². The smallest absolute Gasteiger partial charge is 0.223 e. The maximum Gasteiger partial charge on any atom is 0.223 e. The van der Waals surface area contributed by atoms with Gasteiger partial charge in [-0.15, -0.1) is 0 Å². The summed E-state index contributed by atoms with van der Waals surface area (Å²) in [5.41, 5.74) is 6.87. The van der Waals surface area contributed by atoms with Crippen molar-refractivity contribution in [3.8, 4) is 6.07 Å². The van der Waals surface area contributed by atoms with E-state index in [0.29, 0.717) is 5.56 Å². The Bertz CT molecular complexity index is 525. The maximum absolute atomic E-state index is 12.0. The van der Waals surface area contributed by atoms with Crippen LogP contribution in [0.2, 0.25) is 0 Å². The molecule has 0 bridgehead atoms. The average Bonchev–Trinajstić information content (AvgIpc) is 2.91. The first-order valence-corrected chi connectivity index (χ1v) is 8.23. The lowest BCUT2D eigenvalue weighted by Gasteiger charge is -2.20. The fourth-order valence-electron chi connectivity index (χ4n) is 3.02. The summed E-state index contributed by atoms with van der Waals surface area (Å²) in [6.45, 7) is 0.742. The van der Waals surface area contributed by atoms with Gasteiger partial charge in [0.15, 0.2) is 5.82 Å². The lowest BCUT2D eigenvalue weighted by Crippen LogP contribution is -2.32. The zero-order valence-corrected chi connectivity index (χ0v) is 13.0. The number of aromatic nitrogens is 2. The molecule has 0 unspecified atom stereocenters. The lowest BCUT2D eigenvalue weighted by atomic mass is 9.88. The van der Waals surface area contributed by atoms with Crippen LogP contribution in [-0.2, 0) is 11.2 Å². The molecule has 6 heteroatoms. The first-order valence-electron chi connectivity index (χ1n) is 8.23. The number of hydrogen-bond acceptors (Lipinski definition) is 4. The fourth-order valence-corrected chi connectivity index (χ4v) is 3.02. The summed E-state index contributed by atoms with van der Waals surface area (Å²) < 4.78 is 0. The highest BCUT2D eigenvalue weighted by atomic mass is 16.1. The number of hydrogen-bond donors (Lipinski definition) is 3. The third-order valence-corrected chi connectivity index (χ3v) is 4.36. The molecule has 1 aliphatic carbocycles. The number of anilines is 1. The topological polar surface area (TPSA) is 108 Å². The molecule has 1 saturated carbocycles. The van der Waals surface area contributed by atoms with Crippen molar-refractivity contribution in [2.75, 3.05) is 12.3 Å². The Balaban J connectivity index is 1.57. The number of aromatic amines is 1. The number of nitrogens with two attached hydrogens (primary N) is 1. The second kappa shape index (κ2) is 8.42. The van der Waals surface area contributed by atoms with Crippen molar-refractivity contribution in [2.24, 2.45) is 5.92 Å². The summed E-state index contributed by atoms with van der Waals surface area (Å²) >= 11 is 0. The van der Waals surface area contributed by atoms with E-state index in [9.17, 15) is 4.79 Å². The van der Waals surface area contributed by atoms with Crippen LogP contribution in [0.25, 0.3) is 0 Å². The summed E-state index contributed by atoms with van der Waals surface area (Å²) in [4.78, 5) is 12.0. The lowest BCUT2D eigenvalue weighted by molar-refractivity contribution is -0.125. The number of rotatable bonds is 7. The largest absolute Gasteiger partial charge is 0.381 e. The molecule has 1 aromatic heterocycles. The molecular weight excluding hydrogens is 278 g/mol. The highest BCUT2D eigenvalue weighted by Gasteiger charge is 2.20. The van der Waals surface area contributed by atoms with Gasteiger partial charge in [-0.1, -0.05) is 25.7 Å². The van der Waals surface area contributed by atoms with Gasteiger partial charge in [-0.2, -0.15) is 10.4 Å². The van der Waals surface area contributed by atoms with Gasteiger partial charge in [0.25, 0.3) is 0 Å². The number of aryl methyl sites for hydroxylation is 1. The van der Waals surface area contributed by atoms with Crippen LogP contribution in [0.5, 0.6) is 0 Å². The molecule has 1 fully saturated rings. The predicted molar refractivity (Wildman–Crippen MR) is 84.9 cm³/mol. The van der Waals surface area contributed by atoms with Crippen LogP contribution in [0, 0.1) is 17.2 Å². The van der Waals surface area contributed by atoms with E-state index >= 15 is 0 Å². The first-order chi connectivity index (χ1) is 10.7. The third kappa shape index (κ3) is 4.48. The van der Waals surface area contributed by atoms with E-state index in [1.807, 2.05) is 0 Å². The summed E-state index contributed by atoms with van der Waals surface area (Å²) in [5.74, 6) is 0.741. The predicted octanol–water partition coefficient (Wildman–Crippen LogP) is 2.27. The van der Waals surface area contributed by atoms with E-state index in [1.54, 1.807) is 0 Å². The molecule has 0 aromatic carbocycles. The quantitative estimate of drug-likeness (QED) is 0.671. The Morgan fingerprint density at radius 3 is 2.82 bits per heavy atom. The van der Waals surface area contributed by atoms with Crippen molar-refractivity contribution in [2.45, 2.75) is 57.8 Å². The van der Waals surface area contributed by atoms with Crippen LogP contribution < -0.4 is 11.1 Å². The normalized spacial score (nSPS) is 15.4. The molecule has 120 valence electrons. The van der Waals surface area contributed by atoms with Crippen LogP contribution >= 0.6 is 0 Å². The minimum Gasteiger partial charge on any atom is -0.381 e. The highest BCUT2D eigenvalue weighted by Crippen LogP contribution is 2.23. The number of nitrogens with one attached hydrogen (secondary N) is 2. The van der Waals surface area contributed by atoms with Crippen LogP contribution in [0.15, 0.2) is 0 Å². The number of nitriles is 1. The highest BCUT2D eigenvalue weighted by molar-refractivity contribution is 5.78. The third-order valence-electron chi connectivity index (χ3n) is 4.36. The monoisotopic (exact) mass is 303 g/mol. The molecule has 0 spiro atoms. The second-order valence-corrected chi connectivity index (χ2v) is 6.01. The summed E-state index contributed by atoms with van der Waals surface area (Å²) in [5, 5.41) is 18.7. The Morgan fingerprint density at radius 1 is 1.32 bits per heavy atom. The molecule has 6 nitrogen and oxygen atoms in total. The van der Waals surface area contributed by atoms with E-state index in [0.717, 1.165) is 50.8 Å². The van der Waals surface area contributed by atoms with E-state index in [1.165, 1.54) is 19.3 Å². The Morgan fingerprint density at radius 2 is 2.09 bits per heavy atom. The molecule has 22 heavy (non-hydrogen) atoms. The van der Waals surface area contributed by atoms with Gasteiger partial charge in [0.2, 0.25) is 5.91 Å². The fraction of sp³-hybridized carbons (Fsp3) is 0.688. The molecular formula is C16H25N5O. The standard InChI is InChI=1S/C16H25N5O/c17-11-13-14(20-21-15(13)18)9-5-2-6-10-19-16(22)12-7-3-1-4-8-12/h12H,1-10H2,(H,19,22)(H3,18,20,21). The second-order valence-electron chi connectivity index (χ2n) is 6.01. The molecule has 0 atom stereocenters. The van der Waals surface area contributed by atoms with Crippen molar-refractivity contribution in [1.29, 1.82) is 5.26 Å². The van der Waals surface area contributed by atoms with Crippen molar-refractivity contribution >= 4 is 11.7 Å². The SMILES string of the molecule is N#Cc1c(N)n[nH]c1CCCCCNC(=O)C1CCCCC1. The first kappa shape index (κ1) is 16.3. The number of amides is 1. The number of nitrogens with zero attached hydrogens (tertiary/aromatic N) is 2. The summed E-state index contributed by atoms with van der Waals surface area (Å²) in [6.07, 6.45) is 9.43. The van der Waals surface area contributed by atoms with Gasteiger partial charge in [0.05, 0.1) is 5.69 Å². The number of carbonyl (C=O) groups excluding carboxylic acids is 1. The molecule has 1 aromatic rings. The Kier molecular flexibility index (Phi) is 6.26. The van der Waals surface area contributed by atoms with Gasteiger partial charge < -0.3 is 11.1 Å². The average molecular weight is 303 g/mol. The van der Waals surface area contributed by atoms with Crippen molar-refractivity contribution in [3.05, 3.63) is 11.3 Å². The summed E-state index contributed by atoms with van der Waals surface area (Å²) in [7, 11) is 0. The molecule has 1 heterocycles. The van der Waals surface area contributed by atoms with Crippen LogP contribution in [0.1, 0.15) is 62.6 Å². The summed E-state index contributed by atoms with van der Waals surface area (Å²) in [6, 6.07) is 2.07. The number of H-pyrrole nitrogens is 1. The van der Waals surface area contributed by atoms with E-state index in [4.69, 9.17) is 11.0 Å². The molecule has 0 aliphatic heterocycles.